The number of hydrogen-bond donors (Lipinski definition) is 2. The monoisotopic (exact) mass is 341 g/mol. The van der Waals surface area contributed by atoms with Crippen LogP contribution in [0.15, 0.2) is 40.8 Å². The number of hydrogen-bond acceptors (Lipinski definition) is 4. The zero-order chi connectivity index (χ0) is 18.0. The molecule has 1 aromatic heterocycles. The predicted octanol–water partition coefficient (Wildman–Crippen LogP) is 3.13. The number of furan rings is 1. The molecule has 130 valence electrons. The van der Waals surface area contributed by atoms with Gasteiger partial charge in [-0.2, -0.15) is 0 Å². The molecule has 1 aliphatic rings. The van der Waals surface area contributed by atoms with Gasteiger partial charge in [-0.3, -0.25) is 9.59 Å². The van der Waals surface area contributed by atoms with Gasteiger partial charge < -0.3 is 14.8 Å². The molecule has 1 aliphatic carbocycles. The average Bonchev–Trinajstić information content (AvgIpc) is 3.26. The Bertz CT molecular complexity index is 801. The molecule has 1 unspecified atom stereocenters. The number of carbonyl (C=O) groups is 3. The predicted molar refractivity (Wildman–Crippen MR) is 90.4 cm³/mol. The van der Waals surface area contributed by atoms with Gasteiger partial charge in [-0.05, 0) is 31.4 Å². The Labute approximate surface area is 144 Å². The first-order valence-electron chi connectivity index (χ1n) is 8.19. The van der Waals surface area contributed by atoms with Crippen LogP contribution in [0, 0.1) is 5.92 Å². The highest BCUT2D eigenvalue weighted by atomic mass is 16.4. The minimum atomic E-state index is -1.04. The molecule has 0 saturated heterocycles. The SMILES string of the molecule is CC(=O)c1ccc(-c2ccc(C(=O)NC(CC3CC3)C(=O)O)o2)cc1. The van der Waals surface area contributed by atoms with Crippen molar-refractivity contribution in [3.63, 3.8) is 0 Å². The summed E-state index contributed by atoms with van der Waals surface area (Å²) >= 11 is 0. The van der Waals surface area contributed by atoms with E-state index in [1.807, 2.05) is 0 Å². The molecule has 6 nitrogen and oxygen atoms in total. The molecule has 1 aromatic carbocycles. The van der Waals surface area contributed by atoms with Crippen LogP contribution in [0.25, 0.3) is 11.3 Å². The van der Waals surface area contributed by atoms with E-state index in [1.54, 1.807) is 30.3 Å². The highest BCUT2D eigenvalue weighted by Gasteiger charge is 2.30. The second-order valence-corrected chi connectivity index (χ2v) is 6.34. The highest BCUT2D eigenvalue weighted by molar-refractivity contribution is 5.95. The third-order valence-corrected chi connectivity index (χ3v) is 4.28. The smallest absolute Gasteiger partial charge is 0.326 e. The zero-order valence-electron chi connectivity index (χ0n) is 13.8. The molecule has 3 rings (SSSR count). The lowest BCUT2D eigenvalue weighted by Crippen LogP contribution is -2.41. The number of Topliss-reactive ketones (excluding diaryl/α,β-unsaturated/α-hetero) is 1. The third kappa shape index (κ3) is 4.15. The number of rotatable bonds is 7. The Hall–Kier alpha value is -2.89. The molecule has 6 heteroatoms. The fourth-order valence-electron chi connectivity index (χ4n) is 2.62. The van der Waals surface area contributed by atoms with Crippen molar-refractivity contribution in [1.82, 2.24) is 5.32 Å². The van der Waals surface area contributed by atoms with Crippen molar-refractivity contribution < 1.29 is 23.9 Å². The molecule has 2 aromatic rings. The minimum Gasteiger partial charge on any atom is -0.480 e. The van der Waals surface area contributed by atoms with Gasteiger partial charge in [0, 0.05) is 11.1 Å². The van der Waals surface area contributed by atoms with Crippen LogP contribution in [0.2, 0.25) is 0 Å². The molecule has 1 heterocycles. The van der Waals surface area contributed by atoms with Crippen LogP contribution in [0.5, 0.6) is 0 Å². The van der Waals surface area contributed by atoms with Gasteiger partial charge in [0.25, 0.3) is 5.91 Å². The van der Waals surface area contributed by atoms with E-state index < -0.39 is 17.9 Å². The summed E-state index contributed by atoms with van der Waals surface area (Å²) < 4.78 is 5.54. The lowest BCUT2D eigenvalue weighted by Gasteiger charge is -2.12. The van der Waals surface area contributed by atoms with Gasteiger partial charge in [0.15, 0.2) is 11.5 Å². The van der Waals surface area contributed by atoms with Gasteiger partial charge in [0.05, 0.1) is 0 Å². The van der Waals surface area contributed by atoms with E-state index in [2.05, 4.69) is 5.32 Å². The van der Waals surface area contributed by atoms with E-state index in [0.717, 1.165) is 18.4 Å². The number of benzene rings is 1. The number of ketones is 1. The standard InChI is InChI=1S/C19H19NO5/c1-11(21)13-4-6-14(7-5-13)16-8-9-17(25-16)18(22)20-15(19(23)24)10-12-2-3-12/h4-9,12,15H,2-3,10H2,1H3,(H,20,22)(H,23,24). The maximum Gasteiger partial charge on any atom is 0.326 e. The van der Waals surface area contributed by atoms with Crippen LogP contribution in [-0.2, 0) is 4.79 Å². The van der Waals surface area contributed by atoms with E-state index in [4.69, 9.17) is 4.42 Å². The van der Waals surface area contributed by atoms with Crippen LogP contribution in [0.1, 0.15) is 47.1 Å². The Morgan fingerprint density at radius 3 is 2.40 bits per heavy atom. The number of aliphatic carboxylic acids is 1. The van der Waals surface area contributed by atoms with Gasteiger partial charge in [0.2, 0.25) is 0 Å². The van der Waals surface area contributed by atoms with Gasteiger partial charge in [0.1, 0.15) is 11.8 Å². The largest absolute Gasteiger partial charge is 0.480 e. The summed E-state index contributed by atoms with van der Waals surface area (Å²) in [5.41, 5.74) is 1.33. The molecular formula is C19H19NO5. The van der Waals surface area contributed by atoms with E-state index in [9.17, 15) is 19.5 Å². The first-order valence-corrected chi connectivity index (χ1v) is 8.19. The quantitative estimate of drug-likeness (QED) is 0.754. The zero-order valence-corrected chi connectivity index (χ0v) is 13.8. The molecule has 1 fully saturated rings. The van der Waals surface area contributed by atoms with Crippen molar-refractivity contribution in [2.24, 2.45) is 5.92 Å². The molecule has 2 N–H and O–H groups in total. The molecule has 0 bridgehead atoms. The van der Waals surface area contributed by atoms with Crippen molar-refractivity contribution in [3.8, 4) is 11.3 Å². The molecule has 0 radical (unpaired) electrons. The summed E-state index contributed by atoms with van der Waals surface area (Å²) in [5, 5.41) is 11.7. The second-order valence-electron chi connectivity index (χ2n) is 6.34. The summed E-state index contributed by atoms with van der Waals surface area (Å²) in [4.78, 5) is 34.8. The van der Waals surface area contributed by atoms with Crippen molar-refractivity contribution in [2.45, 2.75) is 32.2 Å². The summed E-state index contributed by atoms with van der Waals surface area (Å²) in [5.74, 6) is -0.677. The van der Waals surface area contributed by atoms with Crippen molar-refractivity contribution in [3.05, 3.63) is 47.7 Å². The number of nitrogens with one attached hydrogen (secondary N) is 1. The maximum absolute atomic E-state index is 12.2. The Morgan fingerprint density at radius 2 is 1.84 bits per heavy atom. The minimum absolute atomic E-state index is 0.0264. The number of carboxylic acid groups (broad SMARTS) is 1. The topological polar surface area (TPSA) is 96.6 Å². The molecule has 0 aliphatic heterocycles. The number of carbonyl (C=O) groups excluding carboxylic acids is 2. The van der Waals surface area contributed by atoms with Crippen molar-refractivity contribution in [2.75, 3.05) is 0 Å². The van der Waals surface area contributed by atoms with Gasteiger partial charge in [-0.25, -0.2) is 4.79 Å². The normalized spacial score (nSPS) is 14.8. The maximum atomic E-state index is 12.2. The summed E-state index contributed by atoms with van der Waals surface area (Å²) in [6.45, 7) is 1.49. The van der Waals surface area contributed by atoms with Crippen LogP contribution in [0.3, 0.4) is 0 Å². The van der Waals surface area contributed by atoms with Crippen LogP contribution >= 0.6 is 0 Å². The molecule has 1 saturated carbocycles. The van der Waals surface area contributed by atoms with Crippen molar-refractivity contribution in [1.29, 1.82) is 0 Å². The van der Waals surface area contributed by atoms with E-state index in [-0.39, 0.29) is 11.5 Å². The molecule has 25 heavy (non-hydrogen) atoms. The number of amides is 1. The summed E-state index contributed by atoms with van der Waals surface area (Å²) in [7, 11) is 0. The Morgan fingerprint density at radius 1 is 1.16 bits per heavy atom. The first-order chi connectivity index (χ1) is 11.9. The van der Waals surface area contributed by atoms with Crippen molar-refractivity contribution >= 4 is 17.7 Å². The molecule has 1 amide bonds. The molecule has 1 atom stereocenters. The van der Waals surface area contributed by atoms with Gasteiger partial charge in [-0.15, -0.1) is 0 Å². The van der Waals surface area contributed by atoms with E-state index >= 15 is 0 Å². The fraction of sp³-hybridized carbons (Fsp3) is 0.316. The Balaban J connectivity index is 1.70. The van der Waals surface area contributed by atoms with Crippen LogP contribution < -0.4 is 5.32 Å². The van der Waals surface area contributed by atoms with Gasteiger partial charge >= 0.3 is 5.97 Å². The Kier molecular flexibility index (Phi) is 4.70. The van der Waals surface area contributed by atoms with E-state index in [0.29, 0.717) is 23.7 Å². The number of carboxylic acids is 1. The first kappa shape index (κ1) is 17.0. The summed E-state index contributed by atoms with van der Waals surface area (Å²) in [6, 6.07) is 9.12. The van der Waals surface area contributed by atoms with E-state index in [1.165, 1.54) is 13.0 Å². The average molecular weight is 341 g/mol. The lowest BCUT2D eigenvalue weighted by molar-refractivity contribution is -0.139. The molecular weight excluding hydrogens is 322 g/mol. The third-order valence-electron chi connectivity index (χ3n) is 4.28. The highest BCUT2D eigenvalue weighted by Crippen LogP contribution is 2.33. The van der Waals surface area contributed by atoms with Crippen LogP contribution in [-0.4, -0.2) is 28.8 Å². The molecule has 0 spiro atoms. The lowest BCUT2D eigenvalue weighted by atomic mass is 10.1. The second kappa shape index (κ2) is 6.93. The van der Waals surface area contributed by atoms with Gasteiger partial charge in [-0.1, -0.05) is 37.1 Å². The fourth-order valence-corrected chi connectivity index (χ4v) is 2.62. The van der Waals surface area contributed by atoms with Crippen LogP contribution in [0.4, 0.5) is 0 Å². The summed E-state index contributed by atoms with van der Waals surface area (Å²) in [6.07, 6.45) is 2.47.